The Morgan fingerprint density at radius 1 is 1.47 bits per heavy atom. The third kappa shape index (κ3) is 2.40. The van der Waals surface area contributed by atoms with Crippen LogP contribution >= 0.6 is 23.6 Å². The molecule has 0 saturated carbocycles. The molecule has 1 aromatic heterocycles. The van der Waals surface area contributed by atoms with Gasteiger partial charge in [-0.3, -0.25) is 0 Å². The van der Waals surface area contributed by atoms with Crippen molar-refractivity contribution < 1.29 is 9.13 Å². The normalized spacial score (nSPS) is 10.5. The van der Waals surface area contributed by atoms with E-state index in [1.54, 1.807) is 6.07 Å². The van der Waals surface area contributed by atoms with Crippen molar-refractivity contribution in [1.82, 2.24) is 4.98 Å². The molecule has 1 N–H and O–H groups in total. The van der Waals surface area contributed by atoms with Gasteiger partial charge in [0.1, 0.15) is 0 Å². The molecule has 2 aromatic rings. The predicted octanol–water partition coefficient (Wildman–Crippen LogP) is 4.18. The molecule has 0 spiro atoms. The molecule has 0 atom stereocenters. The molecule has 0 aliphatic rings. The molecular weight excluding hydrogens is 257 g/mol. The van der Waals surface area contributed by atoms with Gasteiger partial charge in [-0.2, -0.15) is 0 Å². The van der Waals surface area contributed by atoms with Crippen molar-refractivity contribution in [3.8, 4) is 17.0 Å². The van der Waals surface area contributed by atoms with Gasteiger partial charge in [-0.1, -0.05) is 6.92 Å². The van der Waals surface area contributed by atoms with E-state index in [1.807, 2.05) is 6.07 Å². The Bertz CT molecular complexity index is 588. The van der Waals surface area contributed by atoms with Gasteiger partial charge in [0.15, 0.2) is 15.5 Å². The van der Waals surface area contributed by atoms with Crippen LogP contribution in [-0.2, 0) is 6.42 Å². The molecule has 1 heterocycles. The molecule has 0 unspecified atom stereocenters. The Kier molecular flexibility index (Phi) is 3.59. The summed E-state index contributed by atoms with van der Waals surface area (Å²) in [5.41, 5.74) is 1.71. The lowest BCUT2D eigenvalue weighted by atomic mass is 10.1. The molecule has 2 rings (SSSR count). The average molecular weight is 269 g/mol. The van der Waals surface area contributed by atoms with Crippen molar-refractivity contribution in [3.63, 3.8) is 0 Å². The van der Waals surface area contributed by atoms with Crippen molar-refractivity contribution in [2.45, 2.75) is 13.3 Å². The summed E-state index contributed by atoms with van der Waals surface area (Å²) in [4.78, 5) is 4.24. The number of ether oxygens (including phenoxy) is 1. The van der Waals surface area contributed by atoms with Crippen LogP contribution in [-0.4, -0.2) is 12.1 Å². The molecule has 0 aliphatic heterocycles. The second-order valence-corrected chi connectivity index (χ2v) is 5.29. The number of benzene rings is 1. The smallest absolute Gasteiger partial charge is 0.165 e. The third-order valence-corrected chi connectivity index (χ3v) is 3.86. The van der Waals surface area contributed by atoms with Gasteiger partial charge in [-0.15, -0.1) is 11.3 Å². The number of nitrogens with one attached hydrogen (secondary N) is 1. The van der Waals surface area contributed by atoms with E-state index in [0.29, 0.717) is 3.95 Å². The number of aromatic amines is 1. The van der Waals surface area contributed by atoms with E-state index in [4.69, 9.17) is 17.0 Å². The van der Waals surface area contributed by atoms with Crippen LogP contribution in [0.3, 0.4) is 0 Å². The van der Waals surface area contributed by atoms with E-state index in [-0.39, 0.29) is 11.6 Å². The minimum atomic E-state index is -0.363. The van der Waals surface area contributed by atoms with Gasteiger partial charge in [0.25, 0.3) is 0 Å². The number of aromatic nitrogens is 1. The van der Waals surface area contributed by atoms with E-state index in [9.17, 15) is 4.39 Å². The van der Waals surface area contributed by atoms with Gasteiger partial charge < -0.3 is 9.72 Å². The van der Waals surface area contributed by atoms with Crippen molar-refractivity contribution >= 4 is 23.6 Å². The van der Waals surface area contributed by atoms with E-state index >= 15 is 0 Å². The van der Waals surface area contributed by atoms with Gasteiger partial charge in [-0.25, -0.2) is 4.39 Å². The van der Waals surface area contributed by atoms with Crippen LogP contribution < -0.4 is 4.74 Å². The SMILES string of the molecule is CCc1sc(=S)[nH]c1-c1ccc(OC)c(F)c1. The summed E-state index contributed by atoms with van der Waals surface area (Å²) >= 11 is 6.64. The highest BCUT2D eigenvalue weighted by Gasteiger charge is 2.10. The largest absolute Gasteiger partial charge is 0.494 e. The van der Waals surface area contributed by atoms with Gasteiger partial charge >= 0.3 is 0 Å². The standard InChI is InChI=1S/C12H12FNOS2/c1-3-10-11(14-12(16)17-10)7-4-5-9(15-2)8(13)6-7/h4-6H,3H2,1-2H3,(H,14,16). The second kappa shape index (κ2) is 4.98. The number of methoxy groups -OCH3 is 1. The highest BCUT2D eigenvalue weighted by Crippen LogP contribution is 2.29. The molecule has 0 saturated heterocycles. The van der Waals surface area contributed by atoms with Crippen LogP contribution in [0.4, 0.5) is 4.39 Å². The van der Waals surface area contributed by atoms with Crippen molar-refractivity contribution in [2.24, 2.45) is 0 Å². The molecule has 0 fully saturated rings. The summed E-state index contributed by atoms with van der Waals surface area (Å²) in [6.45, 7) is 2.05. The Balaban J connectivity index is 2.53. The number of H-pyrrole nitrogens is 1. The highest BCUT2D eigenvalue weighted by atomic mass is 32.1. The number of aryl methyl sites for hydroxylation is 1. The molecule has 0 amide bonds. The first-order valence-corrected chi connectivity index (χ1v) is 6.44. The van der Waals surface area contributed by atoms with Crippen LogP contribution in [0, 0.1) is 9.77 Å². The van der Waals surface area contributed by atoms with Gasteiger partial charge in [0, 0.05) is 10.4 Å². The van der Waals surface area contributed by atoms with Crippen LogP contribution in [0.25, 0.3) is 11.3 Å². The first kappa shape index (κ1) is 12.3. The summed E-state index contributed by atoms with van der Waals surface area (Å²) in [6, 6.07) is 4.92. The average Bonchev–Trinajstić information content (AvgIpc) is 2.70. The Hall–Kier alpha value is -1.20. The lowest BCUT2D eigenvalue weighted by Crippen LogP contribution is -1.90. The lowest BCUT2D eigenvalue weighted by Gasteiger charge is -2.05. The summed E-state index contributed by atoms with van der Waals surface area (Å²) in [7, 11) is 1.45. The maximum absolute atomic E-state index is 13.6. The maximum atomic E-state index is 13.6. The summed E-state index contributed by atoms with van der Waals surface area (Å²) in [5, 5.41) is 0. The lowest BCUT2D eigenvalue weighted by molar-refractivity contribution is 0.386. The first-order chi connectivity index (χ1) is 8.15. The van der Waals surface area contributed by atoms with Crippen LogP contribution in [0.5, 0.6) is 5.75 Å². The number of hydrogen-bond acceptors (Lipinski definition) is 3. The summed E-state index contributed by atoms with van der Waals surface area (Å²) in [5.74, 6) is -0.113. The molecule has 17 heavy (non-hydrogen) atoms. The molecule has 1 aromatic carbocycles. The molecule has 0 bridgehead atoms. The van der Waals surface area contributed by atoms with E-state index in [2.05, 4.69) is 11.9 Å². The van der Waals surface area contributed by atoms with E-state index in [1.165, 1.54) is 24.5 Å². The Morgan fingerprint density at radius 3 is 2.82 bits per heavy atom. The van der Waals surface area contributed by atoms with Crippen molar-refractivity contribution in [3.05, 3.63) is 32.8 Å². The highest BCUT2D eigenvalue weighted by molar-refractivity contribution is 7.73. The monoisotopic (exact) mass is 269 g/mol. The molecule has 0 radical (unpaired) electrons. The molecule has 2 nitrogen and oxygen atoms in total. The maximum Gasteiger partial charge on any atom is 0.165 e. The van der Waals surface area contributed by atoms with Gasteiger partial charge in [-0.05, 0) is 36.8 Å². The number of rotatable bonds is 3. The fraction of sp³-hybridized carbons (Fsp3) is 0.250. The first-order valence-electron chi connectivity index (χ1n) is 5.21. The molecule has 0 aliphatic carbocycles. The predicted molar refractivity (Wildman–Crippen MR) is 70.8 cm³/mol. The number of thiazole rings is 1. The zero-order valence-corrected chi connectivity index (χ0v) is 11.2. The van der Waals surface area contributed by atoms with E-state index in [0.717, 1.165) is 22.6 Å². The quantitative estimate of drug-likeness (QED) is 0.845. The zero-order valence-electron chi connectivity index (χ0n) is 9.54. The van der Waals surface area contributed by atoms with Gasteiger partial charge in [0.05, 0.1) is 12.8 Å². The van der Waals surface area contributed by atoms with Gasteiger partial charge in [0.2, 0.25) is 0 Å². The summed E-state index contributed by atoms with van der Waals surface area (Å²) in [6.07, 6.45) is 0.876. The van der Waals surface area contributed by atoms with Crippen molar-refractivity contribution in [1.29, 1.82) is 0 Å². The Labute approximate surface area is 108 Å². The fourth-order valence-corrected chi connectivity index (χ4v) is 2.86. The fourth-order valence-electron chi connectivity index (χ4n) is 1.66. The number of hydrogen-bond donors (Lipinski definition) is 1. The molecule has 90 valence electrons. The van der Waals surface area contributed by atoms with Crippen molar-refractivity contribution in [2.75, 3.05) is 7.11 Å². The second-order valence-electron chi connectivity index (χ2n) is 3.52. The van der Waals surface area contributed by atoms with Crippen LogP contribution in [0.2, 0.25) is 0 Å². The summed E-state index contributed by atoms with van der Waals surface area (Å²) < 4.78 is 19.2. The minimum absolute atomic E-state index is 0.251. The van der Waals surface area contributed by atoms with Crippen LogP contribution in [0.1, 0.15) is 11.8 Å². The molecule has 5 heteroatoms. The third-order valence-electron chi connectivity index (χ3n) is 2.48. The van der Waals surface area contributed by atoms with Crippen LogP contribution in [0.15, 0.2) is 18.2 Å². The number of halogens is 1. The van der Waals surface area contributed by atoms with E-state index < -0.39 is 0 Å². The topological polar surface area (TPSA) is 25.0 Å². The molecular formula is C12H12FNOS2. The minimum Gasteiger partial charge on any atom is -0.494 e. The zero-order chi connectivity index (χ0) is 12.4. The Morgan fingerprint density at radius 2 is 2.24 bits per heavy atom.